The van der Waals surface area contributed by atoms with Crippen molar-refractivity contribution in [3.8, 4) is 0 Å². The Hall–Kier alpha value is -1.92. The molecule has 0 aromatic rings. The normalized spacial score (nSPS) is 18.8. The summed E-state index contributed by atoms with van der Waals surface area (Å²) >= 11 is 0. The molecule has 1 heterocycles. The summed E-state index contributed by atoms with van der Waals surface area (Å²) in [4.78, 5) is 43.3. The Kier molecular flexibility index (Phi) is 17.7. The molecule has 3 N–H and O–H groups in total. The van der Waals surface area contributed by atoms with Crippen molar-refractivity contribution in [2.45, 2.75) is 79.2 Å². The largest absolute Gasteiger partial charge is 0.356 e. The third-order valence-corrected chi connectivity index (χ3v) is 4.47. The second-order valence-electron chi connectivity index (χ2n) is 6.34. The van der Waals surface area contributed by atoms with Gasteiger partial charge < -0.3 is 20.7 Å². The van der Waals surface area contributed by atoms with Crippen LogP contribution in [0.2, 0.25) is 0 Å². The van der Waals surface area contributed by atoms with Crippen LogP contribution in [0.3, 0.4) is 0 Å². The molecule has 158 valence electrons. The van der Waals surface area contributed by atoms with E-state index >= 15 is 0 Å². The number of unbranched alkanes of at least 4 members (excludes halogenated alkanes) is 1. The van der Waals surface area contributed by atoms with Crippen LogP contribution in [0.25, 0.3) is 0 Å². The van der Waals surface area contributed by atoms with Crippen LogP contribution in [0.1, 0.15) is 73.1 Å². The van der Waals surface area contributed by atoms with Crippen molar-refractivity contribution in [2.24, 2.45) is 11.8 Å². The molecule has 0 aliphatic carbocycles. The number of carbonyl (C=O) groups is 4. The van der Waals surface area contributed by atoms with Gasteiger partial charge in [0.1, 0.15) is 12.8 Å². The van der Waals surface area contributed by atoms with Crippen molar-refractivity contribution in [1.29, 1.82) is 0 Å². The summed E-state index contributed by atoms with van der Waals surface area (Å²) in [6, 6.07) is -0.427. The number of amides is 3. The SMILES string of the molecule is C=O.CC.CCCC(NC(=O)CCCCC1CNC(=O)C1C)C(=O)NCC. The summed E-state index contributed by atoms with van der Waals surface area (Å²) in [5, 5.41) is 8.46. The van der Waals surface area contributed by atoms with Crippen molar-refractivity contribution < 1.29 is 19.2 Å². The lowest BCUT2D eigenvalue weighted by Crippen LogP contribution is -2.46. The fraction of sp³-hybridized carbons (Fsp3) is 0.800. The van der Waals surface area contributed by atoms with E-state index in [2.05, 4.69) is 16.0 Å². The molecule has 27 heavy (non-hydrogen) atoms. The molecule has 1 fully saturated rings. The maximum atomic E-state index is 12.0. The van der Waals surface area contributed by atoms with Gasteiger partial charge in [0, 0.05) is 25.4 Å². The highest BCUT2D eigenvalue weighted by atomic mass is 16.2. The standard InChI is InChI=1S/C17H31N3O3.C2H6.CH2O/c1-4-8-14(17(23)18-5-2)20-15(21)10-7-6-9-13-11-19-16(22)12(13)3;2*1-2/h12-14H,4-11H2,1-3H3,(H,18,23)(H,19,22)(H,20,21);1-2H3;1H2. The molecule has 1 rings (SSSR count). The molecular weight excluding hydrogens is 346 g/mol. The van der Waals surface area contributed by atoms with Gasteiger partial charge in [-0.05, 0) is 32.1 Å². The van der Waals surface area contributed by atoms with Crippen LogP contribution in [-0.4, -0.2) is 43.6 Å². The van der Waals surface area contributed by atoms with Gasteiger partial charge in [0.15, 0.2) is 0 Å². The van der Waals surface area contributed by atoms with Crippen LogP contribution >= 0.6 is 0 Å². The molecule has 1 saturated heterocycles. The predicted molar refractivity (Wildman–Crippen MR) is 108 cm³/mol. The van der Waals surface area contributed by atoms with Crippen molar-refractivity contribution in [3.05, 3.63) is 0 Å². The minimum Gasteiger partial charge on any atom is -0.356 e. The summed E-state index contributed by atoms with van der Waals surface area (Å²) in [6.07, 6.45) is 4.62. The first kappa shape index (κ1) is 27.3. The fourth-order valence-electron chi connectivity index (χ4n) is 2.95. The van der Waals surface area contributed by atoms with Crippen LogP contribution < -0.4 is 16.0 Å². The van der Waals surface area contributed by atoms with Gasteiger partial charge in [0.05, 0.1) is 0 Å². The molecule has 7 heteroatoms. The first-order chi connectivity index (χ1) is 13.0. The Bertz CT molecular complexity index is 429. The van der Waals surface area contributed by atoms with E-state index < -0.39 is 6.04 Å². The maximum absolute atomic E-state index is 12.0. The molecule has 1 aliphatic rings. The summed E-state index contributed by atoms with van der Waals surface area (Å²) in [5.74, 6) is 0.428. The molecule has 1 aliphatic heterocycles. The highest BCUT2D eigenvalue weighted by Gasteiger charge is 2.29. The van der Waals surface area contributed by atoms with Gasteiger partial charge in [-0.2, -0.15) is 0 Å². The van der Waals surface area contributed by atoms with Gasteiger partial charge in [0.2, 0.25) is 17.7 Å². The lowest BCUT2D eigenvalue weighted by Gasteiger charge is -2.17. The molecule has 0 aromatic carbocycles. The molecular formula is C20H39N3O4. The van der Waals surface area contributed by atoms with E-state index in [9.17, 15) is 14.4 Å². The summed E-state index contributed by atoms with van der Waals surface area (Å²) < 4.78 is 0. The van der Waals surface area contributed by atoms with Gasteiger partial charge in [0.25, 0.3) is 0 Å². The molecule has 0 bridgehead atoms. The average molecular weight is 386 g/mol. The first-order valence-electron chi connectivity index (χ1n) is 10.1. The van der Waals surface area contributed by atoms with Crippen molar-refractivity contribution in [1.82, 2.24) is 16.0 Å². The van der Waals surface area contributed by atoms with E-state index in [1.807, 2.05) is 41.4 Å². The molecule has 0 aromatic heterocycles. The summed E-state index contributed by atoms with van der Waals surface area (Å²) in [7, 11) is 0. The topological polar surface area (TPSA) is 104 Å². The molecule has 0 spiro atoms. The average Bonchev–Trinajstić information content (AvgIpc) is 3.00. The third-order valence-electron chi connectivity index (χ3n) is 4.47. The van der Waals surface area contributed by atoms with E-state index in [4.69, 9.17) is 4.79 Å². The second-order valence-corrected chi connectivity index (χ2v) is 6.34. The van der Waals surface area contributed by atoms with Crippen molar-refractivity contribution in [3.63, 3.8) is 0 Å². The smallest absolute Gasteiger partial charge is 0.242 e. The van der Waals surface area contributed by atoms with E-state index in [0.717, 1.165) is 32.2 Å². The van der Waals surface area contributed by atoms with Gasteiger partial charge in [-0.15, -0.1) is 0 Å². The van der Waals surface area contributed by atoms with Gasteiger partial charge in [-0.25, -0.2) is 0 Å². The van der Waals surface area contributed by atoms with E-state index in [-0.39, 0.29) is 23.6 Å². The number of nitrogens with one attached hydrogen (secondary N) is 3. The van der Waals surface area contributed by atoms with E-state index in [1.165, 1.54) is 0 Å². The zero-order valence-electron chi connectivity index (χ0n) is 17.7. The Morgan fingerprint density at radius 1 is 1.22 bits per heavy atom. The molecule has 3 unspecified atom stereocenters. The Morgan fingerprint density at radius 3 is 2.33 bits per heavy atom. The Labute approximate surface area is 164 Å². The predicted octanol–water partition coefficient (Wildman–Crippen LogP) is 2.19. The van der Waals surface area contributed by atoms with Crippen LogP contribution in [0.15, 0.2) is 0 Å². The molecule has 0 saturated carbocycles. The minimum atomic E-state index is -0.427. The highest BCUT2D eigenvalue weighted by molar-refractivity contribution is 5.87. The summed E-state index contributed by atoms with van der Waals surface area (Å²) in [5.41, 5.74) is 0. The molecule has 7 nitrogen and oxygen atoms in total. The van der Waals surface area contributed by atoms with Crippen molar-refractivity contribution >= 4 is 24.5 Å². The molecule has 0 radical (unpaired) electrons. The van der Waals surface area contributed by atoms with Gasteiger partial charge in [-0.3, -0.25) is 14.4 Å². The van der Waals surface area contributed by atoms with Gasteiger partial charge >= 0.3 is 0 Å². The maximum Gasteiger partial charge on any atom is 0.242 e. The van der Waals surface area contributed by atoms with Crippen LogP contribution in [0.5, 0.6) is 0 Å². The minimum absolute atomic E-state index is 0.0663. The zero-order valence-corrected chi connectivity index (χ0v) is 17.7. The van der Waals surface area contributed by atoms with Crippen LogP contribution in [0, 0.1) is 11.8 Å². The number of hydrogen-bond acceptors (Lipinski definition) is 4. The zero-order chi connectivity index (χ0) is 21.2. The second kappa shape index (κ2) is 17.5. The fourth-order valence-corrected chi connectivity index (χ4v) is 2.95. The van der Waals surface area contributed by atoms with E-state index in [0.29, 0.717) is 25.3 Å². The lowest BCUT2D eigenvalue weighted by molar-refractivity contribution is -0.129. The van der Waals surface area contributed by atoms with Gasteiger partial charge in [-0.1, -0.05) is 40.5 Å². The lowest BCUT2D eigenvalue weighted by atomic mass is 9.92. The van der Waals surface area contributed by atoms with Crippen molar-refractivity contribution in [2.75, 3.05) is 13.1 Å². The third kappa shape index (κ3) is 11.4. The number of carbonyl (C=O) groups excluding carboxylic acids is 4. The number of likely N-dealkylation sites (N-methyl/N-ethyl adjacent to an activating group) is 1. The van der Waals surface area contributed by atoms with E-state index in [1.54, 1.807) is 0 Å². The Balaban J connectivity index is 0. The number of hydrogen-bond donors (Lipinski definition) is 3. The quantitative estimate of drug-likeness (QED) is 0.501. The van der Waals surface area contributed by atoms with Crippen LogP contribution in [-0.2, 0) is 19.2 Å². The first-order valence-corrected chi connectivity index (χ1v) is 10.1. The van der Waals surface area contributed by atoms with Crippen LogP contribution in [0.4, 0.5) is 0 Å². The monoisotopic (exact) mass is 385 g/mol. The highest BCUT2D eigenvalue weighted by Crippen LogP contribution is 2.23. The molecule has 3 amide bonds. The number of rotatable bonds is 10. The Morgan fingerprint density at radius 2 is 1.85 bits per heavy atom. The summed E-state index contributed by atoms with van der Waals surface area (Å²) in [6.45, 7) is 13.1. The molecule has 3 atom stereocenters.